The van der Waals surface area contributed by atoms with Crippen LogP contribution in [0.15, 0.2) is 297 Å². The lowest BCUT2D eigenvalue weighted by molar-refractivity contribution is 1.18. The number of aromatic nitrogens is 2. The van der Waals surface area contributed by atoms with Gasteiger partial charge in [-0.2, -0.15) is 0 Å². The Balaban J connectivity index is 0.883. The molecule has 13 aromatic carbocycles. The van der Waals surface area contributed by atoms with Crippen LogP contribution in [0.2, 0.25) is 0 Å². The molecule has 0 spiro atoms. The SMILES string of the molecule is c1ccc(N(c2ccccc2)c2ccc(-c3ccc(-c4cc(-c5ccc6c(c5)c5cc7ccccc7cc5n6-c5ccccc5)cc(-c5ccc6c(c5)c5cc7ccccc7cc5n6-c5ccccc5)c4)cc3)cc2)cc1. The summed E-state index contributed by atoms with van der Waals surface area (Å²) in [6, 6.07) is 109. The second kappa shape index (κ2) is 18.3. The van der Waals surface area contributed by atoms with Crippen LogP contribution in [0.4, 0.5) is 17.1 Å². The second-order valence-electron chi connectivity index (χ2n) is 20.2. The van der Waals surface area contributed by atoms with E-state index < -0.39 is 0 Å². The highest BCUT2D eigenvalue weighted by Gasteiger charge is 2.19. The molecule has 0 bridgehead atoms. The van der Waals surface area contributed by atoms with Gasteiger partial charge in [-0.05, 0) is 193 Å². The van der Waals surface area contributed by atoms with Gasteiger partial charge in [0.15, 0.2) is 0 Å². The number of rotatable bonds is 9. The van der Waals surface area contributed by atoms with Crippen molar-refractivity contribution < 1.29 is 0 Å². The van der Waals surface area contributed by atoms with Crippen LogP contribution in [0.3, 0.4) is 0 Å². The van der Waals surface area contributed by atoms with Crippen molar-refractivity contribution in [3.05, 3.63) is 297 Å². The number of fused-ring (bicyclic) bond motifs is 8. The molecule has 0 aliphatic heterocycles. The van der Waals surface area contributed by atoms with E-state index >= 15 is 0 Å². The number of anilines is 3. The summed E-state index contributed by atoms with van der Waals surface area (Å²) in [6.07, 6.45) is 0. The van der Waals surface area contributed by atoms with Gasteiger partial charge in [-0.1, -0.05) is 170 Å². The number of hydrogen-bond donors (Lipinski definition) is 0. The molecule has 3 nitrogen and oxygen atoms in total. The second-order valence-corrected chi connectivity index (χ2v) is 20.2. The third-order valence-electron chi connectivity index (χ3n) is 15.6. The molecule has 0 amide bonds. The van der Waals surface area contributed by atoms with Crippen molar-refractivity contribution >= 4 is 82.2 Å². The summed E-state index contributed by atoms with van der Waals surface area (Å²) in [5.74, 6) is 0. The monoisotopic (exact) mass is 979 g/mol. The van der Waals surface area contributed by atoms with Crippen molar-refractivity contribution in [1.29, 1.82) is 0 Å². The van der Waals surface area contributed by atoms with Crippen LogP contribution in [-0.2, 0) is 0 Å². The molecule has 2 heterocycles. The van der Waals surface area contributed by atoms with Crippen molar-refractivity contribution in [3.63, 3.8) is 0 Å². The van der Waals surface area contributed by atoms with Crippen molar-refractivity contribution in [2.24, 2.45) is 0 Å². The Morgan fingerprint density at radius 2 is 0.494 bits per heavy atom. The van der Waals surface area contributed by atoms with Crippen LogP contribution in [0.5, 0.6) is 0 Å². The third kappa shape index (κ3) is 7.75. The lowest BCUT2D eigenvalue weighted by Gasteiger charge is -2.25. The van der Waals surface area contributed by atoms with Gasteiger partial charge in [0.25, 0.3) is 0 Å². The Morgan fingerprint density at radius 3 is 0.909 bits per heavy atom. The van der Waals surface area contributed by atoms with E-state index in [2.05, 4.69) is 311 Å². The summed E-state index contributed by atoms with van der Waals surface area (Å²) in [5, 5.41) is 9.87. The zero-order valence-corrected chi connectivity index (χ0v) is 42.1. The van der Waals surface area contributed by atoms with E-state index in [0.29, 0.717) is 0 Å². The minimum atomic E-state index is 1.11. The standard InChI is InChI=1S/C74H49N3/c1-5-21-62(22-6-1)75(63-23-7-2-8-24-63)66-37-33-51(34-38-66)50-29-31-52(32-30-50)59-41-60(57-35-39-71-67(46-57)69-44-53-17-13-15-19-55(53)48-73(69)76(71)64-25-9-3-10-26-64)43-61(42-59)58-36-40-72-68(47-58)70-45-54-18-14-16-20-56(54)49-74(70)77(72)65-27-11-4-12-28-65/h1-49H. The maximum absolute atomic E-state index is 2.42. The Kier molecular flexibility index (Phi) is 10.5. The Hall–Kier alpha value is -10.2. The van der Waals surface area contributed by atoms with E-state index in [1.807, 2.05) is 0 Å². The molecule has 0 saturated heterocycles. The Bertz CT molecular complexity index is 4440. The van der Waals surface area contributed by atoms with E-state index in [0.717, 1.165) is 39.6 Å². The molecule has 0 atom stereocenters. The fraction of sp³-hybridized carbons (Fsp3) is 0. The van der Waals surface area contributed by atoms with Gasteiger partial charge in [0, 0.05) is 50.0 Å². The number of para-hydroxylation sites is 4. The van der Waals surface area contributed by atoms with Gasteiger partial charge < -0.3 is 14.0 Å². The van der Waals surface area contributed by atoms with Gasteiger partial charge in [-0.3, -0.25) is 0 Å². The molecule has 0 unspecified atom stereocenters. The van der Waals surface area contributed by atoms with Crippen LogP contribution in [0, 0.1) is 0 Å². The van der Waals surface area contributed by atoms with Gasteiger partial charge in [-0.25, -0.2) is 0 Å². The number of nitrogens with zero attached hydrogens (tertiary/aromatic N) is 3. The predicted octanol–water partition coefficient (Wildman–Crippen LogP) is 20.3. The zero-order chi connectivity index (χ0) is 50.8. The van der Waals surface area contributed by atoms with E-state index in [1.54, 1.807) is 0 Å². The number of benzene rings is 13. The summed E-state index contributed by atoms with van der Waals surface area (Å²) in [6.45, 7) is 0. The number of hydrogen-bond acceptors (Lipinski definition) is 1. The van der Waals surface area contributed by atoms with Crippen molar-refractivity contribution in [2.75, 3.05) is 4.90 Å². The highest BCUT2D eigenvalue weighted by molar-refractivity contribution is 6.16. The largest absolute Gasteiger partial charge is 0.311 e. The summed E-state index contributed by atoms with van der Waals surface area (Å²) >= 11 is 0. The average Bonchev–Trinajstić information content (AvgIpc) is 4.09. The van der Waals surface area contributed by atoms with E-state index in [9.17, 15) is 0 Å². The molecule has 77 heavy (non-hydrogen) atoms. The van der Waals surface area contributed by atoms with Gasteiger partial charge in [0.1, 0.15) is 0 Å². The van der Waals surface area contributed by atoms with Gasteiger partial charge in [0.2, 0.25) is 0 Å². The van der Waals surface area contributed by atoms with Crippen molar-refractivity contribution in [1.82, 2.24) is 9.13 Å². The van der Waals surface area contributed by atoms with Crippen LogP contribution >= 0.6 is 0 Å². The first-order valence-electron chi connectivity index (χ1n) is 26.5. The first-order valence-corrected chi connectivity index (χ1v) is 26.5. The van der Waals surface area contributed by atoms with Crippen LogP contribution in [0.1, 0.15) is 0 Å². The van der Waals surface area contributed by atoms with E-state index in [4.69, 9.17) is 0 Å². The van der Waals surface area contributed by atoms with Crippen LogP contribution < -0.4 is 4.90 Å². The molecular weight excluding hydrogens is 931 g/mol. The fourth-order valence-electron chi connectivity index (χ4n) is 11.9. The summed E-state index contributed by atoms with van der Waals surface area (Å²) < 4.78 is 4.84. The van der Waals surface area contributed by atoms with Gasteiger partial charge in [0.05, 0.1) is 22.1 Å². The maximum atomic E-state index is 2.42. The zero-order valence-electron chi connectivity index (χ0n) is 42.1. The van der Waals surface area contributed by atoms with Gasteiger partial charge in [-0.15, -0.1) is 0 Å². The van der Waals surface area contributed by atoms with Crippen molar-refractivity contribution in [3.8, 4) is 55.9 Å². The molecule has 2 aromatic heterocycles. The molecule has 15 aromatic rings. The molecule has 3 heteroatoms. The third-order valence-corrected chi connectivity index (χ3v) is 15.6. The molecule has 0 saturated carbocycles. The van der Waals surface area contributed by atoms with Crippen LogP contribution in [-0.4, -0.2) is 9.13 Å². The van der Waals surface area contributed by atoms with E-state index in [1.165, 1.54) is 98.5 Å². The normalized spacial score (nSPS) is 11.6. The molecule has 0 aliphatic rings. The minimum absolute atomic E-state index is 1.11. The smallest absolute Gasteiger partial charge is 0.0547 e. The predicted molar refractivity (Wildman–Crippen MR) is 327 cm³/mol. The average molecular weight is 980 g/mol. The molecule has 0 aliphatic carbocycles. The first-order chi connectivity index (χ1) is 38.1. The first kappa shape index (κ1) is 44.3. The van der Waals surface area contributed by atoms with Crippen LogP contribution in [0.25, 0.3) is 121 Å². The highest BCUT2D eigenvalue weighted by atomic mass is 15.1. The molecule has 0 N–H and O–H groups in total. The molecular formula is C74H49N3. The molecule has 360 valence electrons. The van der Waals surface area contributed by atoms with E-state index in [-0.39, 0.29) is 0 Å². The molecule has 0 radical (unpaired) electrons. The molecule has 0 fully saturated rings. The summed E-state index contributed by atoms with van der Waals surface area (Å²) in [5.41, 5.74) is 19.8. The minimum Gasteiger partial charge on any atom is -0.311 e. The Morgan fingerprint density at radius 1 is 0.195 bits per heavy atom. The summed E-state index contributed by atoms with van der Waals surface area (Å²) in [4.78, 5) is 2.31. The summed E-state index contributed by atoms with van der Waals surface area (Å²) in [7, 11) is 0. The Labute approximate surface area is 447 Å². The lowest BCUT2D eigenvalue weighted by Crippen LogP contribution is -2.09. The lowest BCUT2D eigenvalue weighted by atomic mass is 9.91. The topological polar surface area (TPSA) is 13.1 Å². The molecule has 15 rings (SSSR count). The fourth-order valence-corrected chi connectivity index (χ4v) is 11.9. The van der Waals surface area contributed by atoms with Crippen molar-refractivity contribution in [2.45, 2.75) is 0 Å². The maximum Gasteiger partial charge on any atom is 0.0547 e. The van der Waals surface area contributed by atoms with Gasteiger partial charge >= 0.3 is 0 Å². The quantitative estimate of drug-likeness (QED) is 0.140. The highest BCUT2D eigenvalue weighted by Crippen LogP contribution is 2.43.